The van der Waals surface area contributed by atoms with Crippen LogP contribution in [0.1, 0.15) is 0 Å². The van der Waals surface area contributed by atoms with E-state index in [2.05, 4.69) is 0 Å². The fraction of sp³-hybridized carbons (Fsp3) is 0.600. The first-order chi connectivity index (χ1) is 11.8. The van der Waals surface area contributed by atoms with Crippen molar-refractivity contribution in [3.05, 3.63) is 18.2 Å². The van der Waals surface area contributed by atoms with E-state index in [-0.39, 0.29) is 10.6 Å². The van der Waals surface area contributed by atoms with E-state index in [9.17, 15) is 16.8 Å². The minimum Gasteiger partial charge on any atom is -0.486 e. The molecular weight excluding hydrogens is 368 g/mol. The Hall–Kier alpha value is -1.36. The zero-order chi connectivity index (χ0) is 18.1. The van der Waals surface area contributed by atoms with Crippen molar-refractivity contribution in [1.29, 1.82) is 0 Å². The Morgan fingerprint density at radius 3 is 2.24 bits per heavy atom. The van der Waals surface area contributed by atoms with E-state index >= 15 is 0 Å². The first-order valence-electron chi connectivity index (χ1n) is 8.06. The van der Waals surface area contributed by atoms with Gasteiger partial charge in [0.2, 0.25) is 10.0 Å². The molecule has 0 saturated carbocycles. The summed E-state index contributed by atoms with van der Waals surface area (Å²) in [4.78, 5) is 2.15. The molecular formula is C15H22N2O6S2. The van der Waals surface area contributed by atoms with Gasteiger partial charge in [-0.1, -0.05) is 0 Å². The summed E-state index contributed by atoms with van der Waals surface area (Å²) in [5, 5.41) is 0. The van der Waals surface area contributed by atoms with Crippen LogP contribution in [0.5, 0.6) is 11.5 Å². The monoisotopic (exact) mass is 390 g/mol. The Morgan fingerprint density at radius 1 is 0.960 bits per heavy atom. The summed E-state index contributed by atoms with van der Waals surface area (Å²) in [6.07, 6.45) is 1.20. The Kier molecular flexibility index (Phi) is 5.24. The minimum atomic E-state index is -3.61. The summed E-state index contributed by atoms with van der Waals surface area (Å²) >= 11 is 0. The number of piperazine rings is 1. The van der Waals surface area contributed by atoms with Gasteiger partial charge in [-0.3, -0.25) is 4.90 Å². The highest BCUT2D eigenvalue weighted by molar-refractivity contribution is 7.90. The number of fused-ring (bicyclic) bond motifs is 1. The van der Waals surface area contributed by atoms with Gasteiger partial charge in [0.25, 0.3) is 0 Å². The number of hydrogen-bond donors (Lipinski definition) is 0. The molecule has 0 N–H and O–H groups in total. The molecule has 25 heavy (non-hydrogen) atoms. The van der Waals surface area contributed by atoms with Crippen molar-refractivity contribution < 1.29 is 26.3 Å². The molecule has 0 bridgehead atoms. The van der Waals surface area contributed by atoms with Crippen molar-refractivity contribution in [3.63, 3.8) is 0 Å². The van der Waals surface area contributed by atoms with Crippen LogP contribution in [0.25, 0.3) is 0 Å². The SMILES string of the molecule is CS(=O)(=O)CCN1CCN(S(=O)(=O)c2ccc3c(c2)OCCO3)CC1. The van der Waals surface area contributed by atoms with Gasteiger partial charge in [-0.15, -0.1) is 0 Å². The van der Waals surface area contributed by atoms with Gasteiger partial charge in [-0.2, -0.15) is 4.31 Å². The Balaban J connectivity index is 1.66. The van der Waals surface area contributed by atoms with Gasteiger partial charge in [0.1, 0.15) is 23.1 Å². The first kappa shape index (κ1) is 18.4. The largest absolute Gasteiger partial charge is 0.486 e. The van der Waals surface area contributed by atoms with Crippen molar-refractivity contribution in [3.8, 4) is 11.5 Å². The van der Waals surface area contributed by atoms with E-state index < -0.39 is 19.9 Å². The van der Waals surface area contributed by atoms with Crippen LogP contribution >= 0.6 is 0 Å². The average Bonchev–Trinajstić information content (AvgIpc) is 2.59. The molecule has 0 atom stereocenters. The lowest BCUT2D eigenvalue weighted by Gasteiger charge is -2.33. The maximum absolute atomic E-state index is 12.8. The Morgan fingerprint density at radius 2 is 1.60 bits per heavy atom. The van der Waals surface area contributed by atoms with Crippen LogP contribution in [-0.4, -0.2) is 84.0 Å². The van der Waals surface area contributed by atoms with Crippen LogP contribution in [0.15, 0.2) is 23.1 Å². The Bertz CT molecular complexity index is 830. The van der Waals surface area contributed by atoms with Crippen molar-refractivity contribution in [2.24, 2.45) is 0 Å². The molecule has 0 radical (unpaired) electrons. The standard InChI is InChI=1S/C15H22N2O6S2/c1-24(18,19)11-8-16-4-6-17(7-5-16)25(20,21)13-2-3-14-15(12-13)23-10-9-22-14/h2-3,12H,4-11H2,1H3. The highest BCUT2D eigenvalue weighted by Gasteiger charge is 2.29. The topological polar surface area (TPSA) is 93.2 Å². The molecule has 8 nitrogen and oxygen atoms in total. The molecule has 2 aliphatic rings. The molecule has 1 fully saturated rings. The molecule has 0 unspecified atom stereocenters. The quantitative estimate of drug-likeness (QED) is 0.688. The third-order valence-electron chi connectivity index (χ3n) is 4.26. The maximum Gasteiger partial charge on any atom is 0.243 e. The Labute approximate surface area is 148 Å². The molecule has 2 aliphatic heterocycles. The predicted octanol–water partition coefficient (Wildman–Crippen LogP) is -0.191. The molecule has 3 rings (SSSR count). The van der Waals surface area contributed by atoms with E-state index in [0.717, 1.165) is 0 Å². The van der Waals surface area contributed by atoms with Crippen LogP contribution in [0.4, 0.5) is 0 Å². The van der Waals surface area contributed by atoms with Gasteiger partial charge >= 0.3 is 0 Å². The summed E-state index contributed by atoms with van der Waals surface area (Å²) in [7, 11) is -6.63. The molecule has 0 aliphatic carbocycles. The second-order valence-electron chi connectivity index (χ2n) is 6.18. The van der Waals surface area contributed by atoms with Crippen molar-refractivity contribution in [1.82, 2.24) is 9.21 Å². The third kappa shape index (κ3) is 4.43. The summed E-state index contributed by atoms with van der Waals surface area (Å²) in [6, 6.07) is 4.64. The molecule has 10 heteroatoms. The van der Waals surface area contributed by atoms with Crippen LogP contribution in [0.2, 0.25) is 0 Å². The molecule has 1 aromatic rings. The first-order valence-corrected chi connectivity index (χ1v) is 11.6. The van der Waals surface area contributed by atoms with Gasteiger partial charge in [0, 0.05) is 45.0 Å². The van der Waals surface area contributed by atoms with Crippen LogP contribution in [-0.2, 0) is 19.9 Å². The number of ether oxygens (including phenoxy) is 2. The van der Waals surface area contributed by atoms with Crippen molar-refractivity contribution in [2.75, 3.05) is 57.9 Å². The highest BCUT2D eigenvalue weighted by Crippen LogP contribution is 2.33. The fourth-order valence-corrected chi connectivity index (χ4v) is 4.85. The zero-order valence-electron chi connectivity index (χ0n) is 14.0. The average molecular weight is 390 g/mol. The van der Waals surface area contributed by atoms with E-state index in [1.54, 1.807) is 6.07 Å². The molecule has 140 valence electrons. The maximum atomic E-state index is 12.8. The lowest BCUT2D eigenvalue weighted by molar-refractivity contribution is 0.171. The molecule has 2 heterocycles. The summed E-state index contributed by atoms with van der Waals surface area (Å²) in [6.45, 7) is 2.97. The van der Waals surface area contributed by atoms with E-state index in [0.29, 0.717) is 57.4 Å². The smallest absolute Gasteiger partial charge is 0.243 e. The van der Waals surface area contributed by atoms with Gasteiger partial charge in [-0.05, 0) is 12.1 Å². The van der Waals surface area contributed by atoms with Crippen LogP contribution < -0.4 is 9.47 Å². The van der Waals surface area contributed by atoms with Crippen LogP contribution in [0, 0.1) is 0 Å². The number of nitrogens with zero attached hydrogens (tertiary/aromatic N) is 2. The number of sulfone groups is 1. The van der Waals surface area contributed by atoms with Crippen LogP contribution in [0.3, 0.4) is 0 Å². The number of hydrogen-bond acceptors (Lipinski definition) is 7. The van der Waals surface area contributed by atoms with E-state index in [1.807, 2.05) is 4.90 Å². The van der Waals surface area contributed by atoms with Crippen molar-refractivity contribution in [2.45, 2.75) is 4.90 Å². The van der Waals surface area contributed by atoms with E-state index in [4.69, 9.17) is 9.47 Å². The highest BCUT2D eigenvalue weighted by atomic mass is 32.2. The van der Waals surface area contributed by atoms with Gasteiger partial charge in [0.15, 0.2) is 11.5 Å². The summed E-state index contributed by atoms with van der Waals surface area (Å²) in [5.41, 5.74) is 0. The number of rotatable bonds is 5. The lowest BCUT2D eigenvalue weighted by Crippen LogP contribution is -2.49. The summed E-state index contributed by atoms with van der Waals surface area (Å²) < 4.78 is 60.4. The molecule has 1 saturated heterocycles. The lowest BCUT2D eigenvalue weighted by atomic mass is 10.3. The second-order valence-corrected chi connectivity index (χ2v) is 10.4. The molecule has 0 spiro atoms. The van der Waals surface area contributed by atoms with Gasteiger partial charge in [-0.25, -0.2) is 16.8 Å². The number of benzene rings is 1. The van der Waals surface area contributed by atoms with Crippen molar-refractivity contribution >= 4 is 19.9 Å². The normalized spacial score (nSPS) is 19.7. The van der Waals surface area contributed by atoms with Gasteiger partial charge in [0.05, 0.1) is 10.6 Å². The molecule has 1 aromatic carbocycles. The minimum absolute atomic E-state index is 0.0852. The second kappa shape index (κ2) is 7.10. The zero-order valence-corrected chi connectivity index (χ0v) is 15.7. The van der Waals surface area contributed by atoms with E-state index in [1.165, 1.54) is 22.7 Å². The summed E-state index contributed by atoms with van der Waals surface area (Å²) in [5.74, 6) is 1.08. The predicted molar refractivity (Wildman–Crippen MR) is 92.3 cm³/mol. The third-order valence-corrected chi connectivity index (χ3v) is 7.08. The molecule has 0 aromatic heterocycles. The molecule has 0 amide bonds. The number of sulfonamides is 1. The van der Waals surface area contributed by atoms with Gasteiger partial charge < -0.3 is 9.47 Å². The fourth-order valence-electron chi connectivity index (χ4n) is 2.82.